The molecule has 4 heteroatoms. The minimum absolute atomic E-state index is 1.07. The van der Waals surface area contributed by atoms with E-state index in [4.69, 9.17) is 0 Å². The lowest BCUT2D eigenvalue weighted by atomic mass is 10.0. The van der Waals surface area contributed by atoms with E-state index in [1.165, 1.54) is 106 Å². The summed E-state index contributed by atoms with van der Waals surface area (Å²) in [7, 11) is 0. The van der Waals surface area contributed by atoms with Gasteiger partial charge in [0.25, 0.3) is 0 Å². The molecule has 12 aromatic carbocycles. The highest BCUT2D eigenvalue weighted by Gasteiger charge is 2.25. The first-order valence-corrected chi connectivity index (χ1v) is 27.3. The average Bonchev–Trinajstić information content (AvgIpc) is 4.43. The number of H-pyrrole nitrogens is 1. The Morgan fingerprint density at radius 3 is 1.23 bits per heavy atom. The molecule has 0 bridgehead atoms. The van der Waals surface area contributed by atoms with Gasteiger partial charge in [-0.05, 0) is 171 Å². The Hall–Kier alpha value is -9.90. The number of benzene rings is 12. The second-order valence-electron chi connectivity index (χ2n) is 20.4. The smallest absolute Gasteiger partial charge is 0.0715 e. The van der Waals surface area contributed by atoms with Crippen molar-refractivity contribution >= 4 is 83.6 Å². The van der Waals surface area contributed by atoms with Gasteiger partial charge in [-0.25, -0.2) is 0 Å². The molecule has 1 N–H and O–H groups in total. The molecule has 0 saturated heterocycles. The largest absolute Gasteiger partial charge is 0.359 e. The van der Waals surface area contributed by atoms with E-state index in [0.29, 0.717) is 0 Å². The van der Waals surface area contributed by atoms with E-state index >= 15 is 0 Å². The van der Waals surface area contributed by atoms with Gasteiger partial charge in [0.1, 0.15) is 0 Å². The van der Waals surface area contributed by atoms with Crippen LogP contribution in [0.5, 0.6) is 0 Å². The zero-order valence-corrected chi connectivity index (χ0v) is 43.3. The summed E-state index contributed by atoms with van der Waals surface area (Å²) < 4.78 is 0. The third kappa shape index (κ3) is 8.54. The van der Waals surface area contributed by atoms with Crippen molar-refractivity contribution in [3.8, 4) is 22.3 Å². The second kappa shape index (κ2) is 20.3. The van der Waals surface area contributed by atoms with E-state index < -0.39 is 0 Å². The minimum atomic E-state index is 1.07. The first kappa shape index (κ1) is 46.6. The van der Waals surface area contributed by atoms with Crippen LogP contribution in [-0.2, 0) is 25.7 Å². The van der Waals surface area contributed by atoms with Crippen LogP contribution in [0.4, 0.5) is 51.2 Å². The summed E-state index contributed by atoms with van der Waals surface area (Å²) in [4.78, 5) is 10.6. The maximum atomic E-state index is 3.43. The second-order valence-corrected chi connectivity index (χ2v) is 20.4. The van der Waals surface area contributed by atoms with Gasteiger partial charge in [0.15, 0.2) is 0 Å². The molecular weight excluding hydrogens is 945 g/mol. The highest BCUT2D eigenvalue weighted by Crippen LogP contribution is 2.47. The normalized spacial score (nSPS) is 12.2. The number of nitrogens with zero attached hydrogens (tertiary/aromatic N) is 3. The molecule has 0 radical (unpaired) electrons. The molecule has 0 unspecified atom stereocenters. The van der Waals surface area contributed by atoms with Crippen molar-refractivity contribution in [3.63, 3.8) is 0 Å². The van der Waals surface area contributed by atoms with Crippen molar-refractivity contribution in [3.05, 3.63) is 308 Å². The fourth-order valence-corrected chi connectivity index (χ4v) is 12.3. The van der Waals surface area contributed by atoms with Gasteiger partial charge in [0.05, 0.1) is 11.4 Å². The fraction of sp³-hybridized carbons (Fsp3) is 0.0541. The number of para-hydroxylation sites is 5. The van der Waals surface area contributed by atoms with Gasteiger partial charge < -0.3 is 19.7 Å². The topological polar surface area (TPSA) is 25.5 Å². The maximum Gasteiger partial charge on any atom is 0.0715 e. The van der Waals surface area contributed by atoms with Crippen molar-refractivity contribution in [1.82, 2.24) is 4.98 Å². The zero-order chi connectivity index (χ0) is 51.8. The zero-order valence-electron chi connectivity index (χ0n) is 43.3. The van der Waals surface area contributed by atoms with Gasteiger partial charge in [-0.1, -0.05) is 194 Å². The molecule has 0 saturated carbocycles. The van der Waals surface area contributed by atoms with E-state index in [1.54, 1.807) is 0 Å². The summed E-state index contributed by atoms with van der Waals surface area (Å²) in [6.07, 6.45) is 6.45. The predicted octanol–water partition coefficient (Wildman–Crippen LogP) is 20.1. The molecule has 372 valence electrons. The number of rotatable bonds is 11. The summed E-state index contributed by atoms with van der Waals surface area (Å²) in [5.41, 5.74) is 22.5. The number of nitrogens with one attached hydrogen (secondary N) is 1. The summed E-state index contributed by atoms with van der Waals surface area (Å²) in [5, 5.41) is 6.75. The van der Waals surface area contributed by atoms with Gasteiger partial charge in [0.2, 0.25) is 0 Å². The van der Waals surface area contributed by atoms with Crippen LogP contribution >= 0.6 is 0 Å². The molecule has 2 aliphatic rings. The number of anilines is 9. The van der Waals surface area contributed by atoms with Crippen molar-refractivity contribution in [2.75, 3.05) is 14.7 Å². The highest BCUT2D eigenvalue weighted by atomic mass is 15.2. The minimum Gasteiger partial charge on any atom is -0.359 e. The number of hydrogen-bond donors (Lipinski definition) is 1. The first-order chi connectivity index (χ1) is 38.7. The van der Waals surface area contributed by atoms with Gasteiger partial charge in [-0.2, -0.15) is 0 Å². The third-order valence-electron chi connectivity index (χ3n) is 15.9. The van der Waals surface area contributed by atoms with E-state index in [2.05, 4.69) is 305 Å². The van der Waals surface area contributed by atoms with Gasteiger partial charge >= 0.3 is 0 Å². The third-order valence-corrected chi connectivity index (χ3v) is 15.9. The van der Waals surface area contributed by atoms with Crippen molar-refractivity contribution in [2.45, 2.75) is 25.7 Å². The lowest BCUT2D eigenvalue weighted by Crippen LogP contribution is -2.12. The Labute approximate surface area is 456 Å². The molecule has 0 spiro atoms. The molecule has 78 heavy (non-hydrogen) atoms. The Bertz CT molecular complexity index is 4070. The lowest BCUT2D eigenvalue weighted by Gasteiger charge is -2.28. The van der Waals surface area contributed by atoms with Crippen LogP contribution < -0.4 is 14.7 Å². The molecule has 0 amide bonds. The quantitative estimate of drug-likeness (QED) is 0.140. The number of aromatic amines is 1. The van der Waals surface area contributed by atoms with Crippen LogP contribution in [0.3, 0.4) is 0 Å². The Morgan fingerprint density at radius 2 is 0.705 bits per heavy atom. The fourth-order valence-electron chi connectivity index (χ4n) is 12.3. The SMILES string of the molecule is c1ccc(-c2ccccc2N(c2ccccc2)c2c[nH]c3ccccc23)cc1.c1ccc(N(c2ccc(-c3ccc(N(c4ccccc4)c4ccc5cccc6c5c4CC6)cc3)cc2)c2ccc3cccc4c3c2CC4)cc1. The van der Waals surface area contributed by atoms with Crippen LogP contribution in [0.2, 0.25) is 0 Å². The van der Waals surface area contributed by atoms with Crippen LogP contribution in [-0.4, -0.2) is 4.98 Å². The van der Waals surface area contributed by atoms with Crippen molar-refractivity contribution in [2.24, 2.45) is 0 Å². The molecular formula is C74H56N4. The monoisotopic (exact) mass is 1000 g/mol. The van der Waals surface area contributed by atoms with E-state index in [0.717, 1.165) is 48.3 Å². The van der Waals surface area contributed by atoms with E-state index in [-0.39, 0.29) is 0 Å². The number of hydrogen-bond acceptors (Lipinski definition) is 3. The van der Waals surface area contributed by atoms with Crippen molar-refractivity contribution < 1.29 is 0 Å². The van der Waals surface area contributed by atoms with Crippen LogP contribution in [0.1, 0.15) is 22.3 Å². The Morgan fingerprint density at radius 1 is 0.269 bits per heavy atom. The highest BCUT2D eigenvalue weighted by molar-refractivity contribution is 6.01. The van der Waals surface area contributed by atoms with Crippen LogP contribution in [0.25, 0.3) is 54.7 Å². The molecule has 0 atom stereocenters. The number of aromatic nitrogens is 1. The van der Waals surface area contributed by atoms with Crippen LogP contribution in [0, 0.1) is 0 Å². The van der Waals surface area contributed by atoms with Gasteiger partial charge in [-0.3, -0.25) is 0 Å². The molecule has 13 aromatic rings. The molecule has 15 rings (SSSR count). The Balaban J connectivity index is 0.000000167. The van der Waals surface area contributed by atoms with Gasteiger partial charge in [0, 0.05) is 62.5 Å². The van der Waals surface area contributed by atoms with E-state index in [9.17, 15) is 0 Å². The summed E-state index contributed by atoms with van der Waals surface area (Å²) in [6, 6.07) is 101. The van der Waals surface area contributed by atoms with Crippen LogP contribution in [0.15, 0.2) is 285 Å². The van der Waals surface area contributed by atoms with Gasteiger partial charge in [-0.15, -0.1) is 0 Å². The standard InChI is InChI=1S/C48H36N2.C26H20N2/c1-3-13-39(14-4-1)49(45-31-23-37-11-7-9-35-21-29-43(45)47(35)37)41-25-17-33(18-26-41)34-19-27-42(28-20-34)50(40-15-5-2-6-16-40)46-32-24-38-12-8-10-36-22-30-44(46)48(36)38;1-3-11-20(12-4-1)22-15-8-10-18-25(22)28(21-13-5-2-6-14-21)26-19-27-24-17-9-7-16-23(24)26/h1-20,23-28,31-32H,21-22,29-30H2;1-19,27H. The molecule has 0 fully saturated rings. The number of aryl methyl sites for hydroxylation is 4. The summed E-state index contributed by atoms with van der Waals surface area (Å²) in [6.45, 7) is 0. The Kier molecular flexibility index (Phi) is 12.1. The summed E-state index contributed by atoms with van der Waals surface area (Å²) >= 11 is 0. The maximum absolute atomic E-state index is 3.43. The van der Waals surface area contributed by atoms with Crippen molar-refractivity contribution in [1.29, 1.82) is 0 Å². The first-order valence-electron chi connectivity index (χ1n) is 27.3. The molecule has 0 aliphatic heterocycles. The number of fused-ring (bicyclic) bond motifs is 1. The lowest BCUT2D eigenvalue weighted by molar-refractivity contribution is 1.02. The average molecular weight is 1000 g/mol. The molecule has 1 aromatic heterocycles. The molecule has 1 heterocycles. The molecule has 4 nitrogen and oxygen atoms in total. The molecule has 2 aliphatic carbocycles. The summed E-state index contributed by atoms with van der Waals surface area (Å²) in [5.74, 6) is 0. The predicted molar refractivity (Wildman–Crippen MR) is 329 cm³/mol. The van der Waals surface area contributed by atoms with E-state index in [1.807, 2.05) is 0 Å².